The number of nitrogens with one attached hydrogen (secondary N) is 1. The molecule has 86 valence electrons. The van der Waals surface area contributed by atoms with Crippen LogP contribution >= 0.6 is 11.8 Å². The Kier molecular flexibility index (Phi) is 3.83. The Hall–Kier alpha value is -1.03. The van der Waals surface area contributed by atoms with Crippen molar-refractivity contribution in [2.45, 2.75) is 13.5 Å². The van der Waals surface area contributed by atoms with E-state index in [1.54, 1.807) is 23.9 Å². The highest BCUT2D eigenvalue weighted by Gasteiger charge is 2.11. The minimum absolute atomic E-state index is 0.193. The summed E-state index contributed by atoms with van der Waals surface area (Å²) in [5.74, 6) is 1.60. The summed E-state index contributed by atoms with van der Waals surface area (Å²) in [6.45, 7) is 3.81. The Morgan fingerprint density at radius 2 is 2.19 bits per heavy atom. The first-order chi connectivity index (χ1) is 7.74. The van der Waals surface area contributed by atoms with Crippen molar-refractivity contribution in [2.75, 3.05) is 12.3 Å². The van der Waals surface area contributed by atoms with Crippen LogP contribution in [0.2, 0.25) is 0 Å². The van der Waals surface area contributed by atoms with Crippen molar-refractivity contribution in [3.63, 3.8) is 0 Å². The monoisotopic (exact) mass is 238 g/mol. The van der Waals surface area contributed by atoms with Crippen molar-refractivity contribution >= 4 is 16.9 Å². The molecule has 0 radical (unpaired) electrons. The Morgan fingerprint density at radius 1 is 1.44 bits per heavy atom. The van der Waals surface area contributed by atoms with Gasteiger partial charge in [0, 0.05) is 18.8 Å². The zero-order chi connectivity index (χ0) is 11.4. The molecule has 0 bridgehead atoms. The smallest absolute Gasteiger partial charge is 0.156 e. The summed E-state index contributed by atoms with van der Waals surface area (Å²) in [7, 11) is 0. The van der Waals surface area contributed by atoms with Gasteiger partial charge in [0.2, 0.25) is 0 Å². The van der Waals surface area contributed by atoms with Gasteiger partial charge >= 0.3 is 0 Å². The molecule has 0 aliphatic carbocycles. The zero-order valence-corrected chi connectivity index (χ0v) is 10.1. The van der Waals surface area contributed by atoms with Crippen LogP contribution in [-0.4, -0.2) is 17.5 Å². The summed E-state index contributed by atoms with van der Waals surface area (Å²) in [4.78, 5) is 4.44. The third-order valence-corrected chi connectivity index (χ3v) is 3.69. The van der Waals surface area contributed by atoms with Crippen LogP contribution in [0.4, 0.5) is 4.39 Å². The number of rotatable bonds is 2. The summed E-state index contributed by atoms with van der Waals surface area (Å²) in [6, 6.07) is 6.54. The highest BCUT2D eigenvalue weighted by Crippen LogP contribution is 2.16. The quantitative estimate of drug-likeness (QED) is 0.856. The normalized spacial score (nSPS) is 20.4. The standard InChI is InChI=1S/C12H15FN2S/c1-9-6-14-12(16-8-9)15-7-10-2-4-11(13)5-3-10/h2-5,9H,6-8H2,1H3,(H,14,15). The van der Waals surface area contributed by atoms with Gasteiger partial charge in [-0.15, -0.1) is 0 Å². The minimum Gasteiger partial charge on any atom is -0.361 e. The van der Waals surface area contributed by atoms with E-state index in [0.29, 0.717) is 12.5 Å². The number of nitrogens with zero attached hydrogens (tertiary/aromatic N) is 1. The molecule has 0 amide bonds. The van der Waals surface area contributed by atoms with E-state index in [4.69, 9.17) is 0 Å². The van der Waals surface area contributed by atoms with Crippen molar-refractivity contribution in [1.82, 2.24) is 5.32 Å². The van der Waals surface area contributed by atoms with Crippen molar-refractivity contribution in [3.05, 3.63) is 35.6 Å². The summed E-state index contributed by atoms with van der Waals surface area (Å²) in [5.41, 5.74) is 1.07. The van der Waals surface area contributed by atoms with Crippen molar-refractivity contribution in [3.8, 4) is 0 Å². The second kappa shape index (κ2) is 5.34. The van der Waals surface area contributed by atoms with E-state index in [1.807, 2.05) is 0 Å². The third kappa shape index (κ3) is 3.23. The van der Waals surface area contributed by atoms with E-state index in [9.17, 15) is 4.39 Å². The van der Waals surface area contributed by atoms with Gasteiger partial charge < -0.3 is 5.32 Å². The molecule has 1 aliphatic heterocycles. The molecule has 0 aromatic heterocycles. The average molecular weight is 238 g/mol. The number of benzene rings is 1. The average Bonchev–Trinajstić information content (AvgIpc) is 2.30. The van der Waals surface area contributed by atoms with Crippen LogP contribution in [0, 0.1) is 11.7 Å². The second-order valence-corrected chi connectivity index (χ2v) is 5.05. The van der Waals surface area contributed by atoms with Gasteiger partial charge in [0.25, 0.3) is 0 Å². The lowest BCUT2D eigenvalue weighted by Gasteiger charge is -2.17. The summed E-state index contributed by atoms with van der Waals surface area (Å²) in [5, 5.41) is 4.27. The lowest BCUT2D eigenvalue weighted by atomic mass is 10.2. The molecule has 16 heavy (non-hydrogen) atoms. The fourth-order valence-corrected chi connectivity index (χ4v) is 2.33. The SMILES string of the molecule is CC1CN=C(NCc2ccc(F)cc2)SC1. The van der Waals surface area contributed by atoms with Gasteiger partial charge in [-0.1, -0.05) is 30.8 Å². The van der Waals surface area contributed by atoms with E-state index in [2.05, 4.69) is 17.2 Å². The predicted molar refractivity (Wildman–Crippen MR) is 67.2 cm³/mol. The Labute approximate surface area is 99.3 Å². The summed E-state index contributed by atoms with van der Waals surface area (Å²) < 4.78 is 12.7. The molecular weight excluding hydrogens is 223 g/mol. The van der Waals surface area contributed by atoms with Crippen LogP contribution < -0.4 is 5.32 Å². The zero-order valence-electron chi connectivity index (χ0n) is 9.24. The fourth-order valence-electron chi connectivity index (χ4n) is 1.45. The first-order valence-corrected chi connectivity index (χ1v) is 6.38. The van der Waals surface area contributed by atoms with Crippen molar-refractivity contribution in [1.29, 1.82) is 0 Å². The largest absolute Gasteiger partial charge is 0.361 e. The maximum absolute atomic E-state index is 12.7. The number of amidine groups is 1. The Balaban J connectivity index is 1.85. The van der Waals surface area contributed by atoms with Crippen LogP contribution in [-0.2, 0) is 6.54 Å². The highest BCUT2D eigenvalue weighted by atomic mass is 32.2. The fraction of sp³-hybridized carbons (Fsp3) is 0.417. The minimum atomic E-state index is -0.193. The first-order valence-electron chi connectivity index (χ1n) is 5.39. The molecule has 1 atom stereocenters. The van der Waals surface area contributed by atoms with E-state index in [-0.39, 0.29) is 5.82 Å². The molecule has 2 nitrogen and oxygen atoms in total. The van der Waals surface area contributed by atoms with Gasteiger partial charge in [-0.3, -0.25) is 4.99 Å². The first kappa shape index (κ1) is 11.5. The van der Waals surface area contributed by atoms with Gasteiger partial charge in [0.15, 0.2) is 5.17 Å². The van der Waals surface area contributed by atoms with Gasteiger partial charge in [-0.2, -0.15) is 0 Å². The number of hydrogen-bond donors (Lipinski definition) is 1. The molecule has 0 saturated heterocycles. The molecule has 1 N–H and O–H groups in total. The van der Waals surface area contributed by atoms with Gasteiger partial charge in [0.05, 0.1) is 0 Å². The molecule has 0 fully saturated rings. The van der Waals surface area contributed by atoms with Crippen LogP contribution in [0.5, 0.6) is 0 Å². The molecule has 1 aliphatic rings. The molecule has 1 unspecified atom stereocenters. The van der Waals surface area contributed by atoms with Gasteiger partial charge in [-0.05, 0) is 23.6 Å². The second-order valence-electron chi connectivity index (χ2n) is 4.04. The Bertz CT molecular complexity index is 375. The van der Waals surface area contributed by atoms with Gasteiger partial charge in [0.1, 0.15) is 5.82 Å². The lowest BCUT2D eigenvalue weighted by Crippen LogP contribution is -2.25. The molecule has 0 saturated carbocycles. The topological polar surface area (TPSA) is 24.4 Å². The molecular formula is C12H15FN2S. The highest BCUT2D eigenvalue weighted by molar-refractivity contribution is 8.13. The molecule has 4 heteroatoms. The maximum atomic E-state index is 12.7. The molecule has 2 rings (SSSR count). The van der Waals surface area contributed by atoms with E-state index in [0.717, 1.165) is 23.0 Å². The number of halogens is 1. The van der Waals surface area contributed by atoms with E-state index < -0.39 is 0 Å². The van der Waals surface area contributed by atoms with Crippen LogP contribution in [0.15, 0.2) is 29.3 Å². The summed E-state index contributed by atoms with van der Waals surface area (Å²) >= 11 is 1.76. The lowest BCUT2D eigenvalue weighted by molar-refractivity contribution is 0.626. The van der Waals surface area contributed by atoms with Crippen LogP contribution in [0.3, 0.4) is 0 Å². The van der Waals surface area contributed by atoms with Gasteiger partial charge in [-0.25, -0.2) is 4.39 Å². The van der Waals surface area contributed by atoms with E-state index in [1.165, 1.54) is 12.1 Å². The van der Waals surface area contributed by atoms with Crippen molar-refractivity contribution < 1.29 is 4.39 Å². The predicted octanol–water partition coefficient (Wildman–Crippen LogP) is 2.65. The van der Waals surface area contributed by atoms with Crippen LogP contribution in [0.1, 0.15) is 12.5 Å². The number of aliphatic imine (C=N–C) groups is 1. The number of thioether (sulfide) groups is 1. The molecule has 1 aromatic carbocycles. The Morgan fingerprint density at radius 3 is 2.81 bits per heavy atom. The maximum Gasteiger partial charge on any atom is 0.156 e. The van der Waals surface area contributed by atoms with E-state index >= 15 is 0 Å². The molecule has 1 aromatic rings. The molecule has 1 heterocycles. The summed E-state index contributed by atoms with van der Waals surface area (Å²) in [6.07, 6.45) is 0. The number of hydrogen-bond acceptors (Lipinski definition) is 3. The van der Waals surface area contributed by atoms with Crippen LogP contribution in [0.25, 0.3) is 0 Å². The van der Waals surface area contributed by atoms with Crippen molar-refractivity contribution in [2.24, 2.45) is 10.9 Å². The molecule has 0 spiro atoms. The third-order valence-electron chi connectivity index (χ3n) is 2.41.